The van der Waals surface area contributed by atoms with E-state index in [1.165, 1.54) is 9.80 Å². The Kier molecular flexibility index (Phi) is 8.20. The van der Waals surface area contributed by atoms with Crippen LogP contribution in [0.15, 0.2) is 24.3 Å². The highest BCUT2D eigenvalue weighted by molar-refractivity contribution is 6.35. The van der Waals surface area contributed by atoms with Gasteiger partial charge in [0.25, 0.3) is 0 Å². The van der Waals surface area contributed by atoms with Gasteiger partial charge in [-0.05, 0) is 37.1 Å². The molecule has 1 aliphatic rings. The third kappa shape index (κ3) is 5.71. The fraction of sp³-hybridized carbons (Fsp3) is 0.524. The van der Waals surface area contributed by atoms with Crippen molar-refractivity contribution in [2.24, 2.45) is 5.73 Å². The first kappa shape index (κ1) is 23.2. The number of rotatable bonds is 11. The van der Waals surface area contributed by atoms with Crippen LogP contribution >= 0.6 is 0 Å². The predicted octanol–water partition coefficient (Wildman–Crippen LogP) is 1.79. The van der Waals surface area contributed by atoms with Crippen LogP contribution in [0.25, 0.3) is 0 Å². The van der Waals surface area contributed by atoms with Gasteiger partial charge in [-0.25, -0.2) is 0 Å². The van der Waals surface area contributed by atoms with Crippen molar-refractivity contribution in [3.8, 4) is 5.75 Å². The van der Waals surface area contributed by atoms with E-state index in [2.05, 4.69) is 0 Å². The zero-order chi connectivity index (χ0) is 22.3. The topological polar surface area (TPSA) is 137 Å². The minimum Gasteiger partial charge on any atom is -0.481 e. The second-order valence-electron chi connectivity index (χ2n) is 7.36. The number of carbonyl (C=O) groups excluding carboxylic acids is 2. The van der Waals surface area contributed by atoms with Gasteiger partial charge >= 0.3 is 17.8 Å². The molecular weight excluding hydrogens is 388 g/mol. The molecule has 1 saturated heterocycles. The van der Waals surface area contributed by atoms with Gasteiger partial charge in [0.1, 0.15) is 11.6 Å². The van der Waals surface area contributed by atoms with E-state index < -0.39 is 30.1 Å². The Morgan fingerprint density at radius 3 is 2.43 bits per heavy atom. The number of amides is 2. The van der Waals surface area contributed by atoms with Gasteiger partial charge in [0.15, 0.2) is 6.23 Å². The Morgan fingerprint density at radius 2 is 1.90 bits per heavy atom. The molecule has 1 aliphatic heterocycles. The molecule has 2 rings (SSSR count). The molecule has 1 aromatic carbocycles. The number of piperazine rings is 1. The monoisotopic (exact) mass is 418 g/mol. The summed E-state index contributed by atoms with van der Waals surface area (Å²) in [4.78, 5) is 39.6. The summed E-state index contributed by atoms with van der Waals surface area (Å²) < 4.78 is 6.02. The lowest BCUT2D eigenvalue weighted by Gasteiger charge is -2.43. The van der Waals surface area contributed by atoms with Crippen LogP contribution in [-0.4, -0.2) is 63.9 Å². The quantitative estimate of drug-likeness (QED) is 0.285. The number of nitrogen functional groups attached to an aromatic ring is 1. The molecule has 9 nitrogen and oxygen atoms in total. The molecule has 0 aromatic heterocycles. The Morgan fingerprint density at radius 1 is 1.23 bits per heavy atom. The van der Waals surface area contributed by atoms with Crippen LogP contribution in [-0.2, 0) is 14.4 Å². The van der Waals surface area contributed by atoms with Crippen LogP contribution in [0.1, 0.15) is 51.5 Å². The van der Waals surface area contributed by atoms with E-state index in [0.29, 0.717) is 30.7 Å². The van der Waals surface area contributed by atoms with E-state index in [-0.39, 0.29) is 18.8 Å². The predicted molar refractivity (Wildman–Crippen MR) is 111 cm³/mol. The summed E-state index contributed by atoms with van der Waals surface area (Å²) in [7, 11) is 0. The number of carbonyl (C=O) groups is 3. The lowest BCUT2D eigenvalue weighted by Crippen LogP contribution is -2.63. The Labute approximate surface area is 176 Å². The maximum absolute atomic E-state index is 12.8. The molecule has 1 aromatic rings. The highest BCUT2D eigenvalue weighted by Gasteiger charge is 2.42. The molecule has 0 aliphatic carbocycles. The van der Waals surface area contributed by atoms with Gasteiger partial charge in [-0.2, -0.15) is 0 Å². The summed E-state index contributed by atoms with van der Waals surface area (Å²) in [6.07, 6.45) is 1.83. The second-order valence-corrected chi connectivity index (χ2v) is 7.36. The SMILES string of the molecule is CCCCC(CC(=O)O)N1CC(Oc2ccc(C(=N)N)cc2)N(CCC)C(=O)C1=O. The molecule has 30 heavy (non-hydrogen) atoms. The first-order chi connectivity index (χ1) is 14.3. The molecule has 0 spiro atoms. The fourth-order valence-electron chi connectivity index (χ4n) is 3.51. The van der Waals surface area contributed by atoms with Crippen LogP contribution in [0, 0.1) is 5.41 Å². The van der Waals surface area contributed by atoms with Crippen LogP contribution in [0.5, 0.6) is 5.75 Å². The molecule has 0 bridgehead atoms. The third-order valence-corrected chi connectivity index (χ3v) is 5.05. The molecule has 2 atom stereocenters. The van der Waals surface area contributed by atoms with Crippen LogP contribution < -0.4 is 10.5 Å². The van der Waals surface area contributed by atoms with Gasteiger partial charge in [-0.1, -0.05) is 26.7 Å². The number of nitrogens with zero attached hydrogens (tertiary/aromatic N) is 2. The number of carboxylic acids is 1. The first-order valence-corrected chi connectivity index (χ1v) is 10.2. The molecule has 164 valence electrons. The van der Waals surface area contributed by atoms with Crippen LogP contribution in [0.4, 0.5) is 0 Å². The minimum absolute atomic E-state index is 0.0637. The van der Waals surface area contributed by atoms with Crippen molar-refractivity contribution in [1.29, 1.82) is 5.41 Å². The lowest BCUT2D eigenvalue weighted by atomic mass is 10.0. The van der Waals surface area contributed by atoms with E-state index >= 15 is 0 Å². The van der Waals surface area contributed by atoms with Gasteiger partial charge in [0, 0.05) is 18.2 Å². The molecule has 9 heteroatoms. The fourth-order valence-corrected chi connectivity index (χ4v) is 3.51. The van der Waals surface area contributed by atoms with E-state index in [0.717, 1.165) is 12.8 Å². The van der Waals surface area contributed by atoms with E-state index in [9.17, 15) is 19.5 Å². The van der Waals surface area contributed by atoms with E-state index in [1.807, 2.05) is 13.8 Å². The molecule has 0 radical (unpaired) electrons. The zero-order valence-corrected chi connectivity index (χ0v) is 17.5. The summed E-state index contributed by atoms with van der Waals surface area (Å²) in [6, 6.07) is 6.03. The number of amidine groups is 1. The van der Waals surface area contributed by atoms with Crippen molar-refractivity contribution in [1.82, 2.24) is 9.80 Å². The molecular formula is C21H30N4O5. The highest BCUT2D eigenvalue weighted by Crippen LogP contribution is 2.23. The minimum atomic E-state index is -1.01. The smallest absolute Gasteiger partial charge is 0.315 e. The molecule has 1 heterocycles. The van der Waals surface area contributed by atoms with Crippen LogP contribution in [0.2, 0.25) is 0 Å². The number of hydrogen-bond acceptors (Lipinski definition) is 5. The lowest BCUT2D eigenvalue weighted by molar-refractivity contribution is -0.169. The average Bonchev–Trinajstić information content (AvgIpc) is 2.71. The Hall–Kier alpha value is -3.10. The molecule has 2 unspecified atom stereocenters. The van der Waals surface area contributed by atoms with Gasteiger partial charge in [-0.15, -0.1) is 0 Å². The van der Waals surface area contributed by atoms with Gasteiger partial charge in [0.2, 0.25) is 0 Å². The number of unbranched alkanes of at least 4 members (excludes halogenated alkanes) is 1. The molecule has 0 saturated carbocycles. The summed E-state index contributed by atoms with van der Waals surface area (Å²) in [5, 5.41) is 16.8. The molecule has 4 N–H and O–H groups in total. The number of nitrogens with one attached hydrogen (secondary N) is 1. The van der Waals surface area contributed by atoms with Crippen molar-refractivity contribution < 1.29 is 24.2 Å². The van der Waals surface area contributed by atoms with Crippen molar-refractivity contribution in [3.05, 3.63) is 29.8 Å². The summed E-state index contributed by atoms with van der Waals surface area (Å²) in [5.41, 5.74) is 6.02. The average molecular weight is 418 g/mol. The normalized spacial score (nSPS) is 17.7. The first-order valence-electron chi connectivity index (χ1n) is 10.2. The van der Waals surface area contributed by atoms with Crippen molar-refractivity contribution in [2.75, 3.05) is 13.1 Å². The summed E-state index contributed by atoms with van der Waals surface area (Å²) in [6.45, 7) is 4.34. The number of ether oxygens (including phenoxy) is 1. The third-order valence-electron chi connectivity index (χ3n) is 5.05. The van der Waals surface area contributed by atoms with Crippen molar-refractivity contribution in [3.63, 3.8) is 0 Å². The van der Waals surface area contributed by atoms with E-state index in [4.69, 9.17) is 15.9 Å². The molecule has 1 fully saturated rings. The summed E-state index contributed by atoms with van der Waals surface area (Å²) in [5.74, 6) is -1.97. The van der Waals surface area contributed by atoms with Gasteiger partial charge < -0.3 is 20.5 Å². The number of aliphatic carboxylic acids is 1. The standard InChI is InChI=1S/C21H30N4O5/c1-3-5-6-15(12-18(26)27)25-13-17(24(11-4-2)20(28)21(25)29)30-16-9-7-14(8-10-16)19(22)23/h7-10,15,17H,3-6,11-13H2,1-2H3,(H3,22,23)(H,26,27). The second kappa shape index (κ2) is 10.6. The summed E-state index contributed by atoms with van der Waals surface area (Å²) >= 11 is 0. The number of benzene rings is 1. The van der Waals surface area contributed by atoms with Crippen molar-refractivity contribution in [2.45, 2.75) is 58.2 Å². The zero-order valence-electron chi connectivity index (χ0n) is 17.5. The van der Waals surface area contributed by atoms with Crippen LogP contribution in [0.3, 0.4) is 0 Å². The highest BCUT2D eigenvalue weighted by atomic mass is 16.5. The Bertz CT molecular complexity index is 780. The largest absolute Gasteiger partial charge is 0.481 e. The van der Waals surface area contributed by atoms with Crippen molar-refractivity contribution >= 4 is 23.6 Å². The number of hydrogen-bond donors (Lipinski definition) is 3. The maximum Gasteiger partial charge on any atom is 0.315 e. The molecule has 2 amide bonds. The van der Waals surface area contributed by atoms with Gasteiger partial charge in [0.05, 0.1) is 13.0 Å². The number of carboxylic acid groups (broad SMARTS) is 1. The van der Waals surface area contributed by atoms with Gasteiger partial charge in [-0.3, -0.25) is 24.7 Å². The Balaban J connectivity index is 2.27. The maximum atomic E-state index is 12.8. The number of nitrogens with two attached hydrogens (primary N) is 1. The van der Waals surface area contributed by atoms with E-state index in [1.54, 1.807) is 24.3 Å².